The molecule has 1 spiro atoms. The molecule has 0 aliphatic carbocycles. The molecular formula is C13H17N3O3. The van der Waals surface area contributed by atoms with E-state index in [-0.39, 0.29) is 12.0 Å². The molecule has 19 heavy (non-hydrogen) atoms. The Kier molecular flexibility index (Phi) is 2.73. The summed E-state index contributed by atoms with van der Waals surface area (Å²) in [6, 6.07) is 3.66. The monoisotopic (exact) mass is 263 g/mol. The number of aromatic nitrogens is 1. The SMILES string of the molecule is Cn1cccc1C(=O)N1CCCC2(CNC(=O)O2)C1. The van der Waals surface area contributed by atoms with Crippen LogP contribution >= 0.6 is 0 Å². The van der Waals surface area contributed by atoms with Crippen molar-refractivity contribution in [3.8, 4) is 0 Å². The van der Waals surface area contributed by atoms with E-state index in [1.165, 1.54) is 0 Å². The van der Waals surface area contributed by atoms with E-state index in [1.807, 2.05) is 29.9 Å². The van der Waals surface area contributed by atoms with Crippen molar-refractivity contribution in [1.82, 2.24) is 14.8 Å². The lowest BCUT2D eigenvalue weighted by Crippen LogP contribution is -2.52. The molecule has 3 heterocycles. The number of carbonyl (C=O) groups is 2. The molecule has 0 bridgehead atoms. The Labute approximate surface area is 111 Å². The summed E-state index contributed by atoms with van der Waals surface area (Å²) < 4.78 is 7.18. The van der Waals surface area contributed by atoms with Crippen LogP contribution in [0.15, 0.2) is 18.3 Å². The summed E-state index contributed by atoms with van der Waals surface area (Å²) in [6.45, 7) is 1.67. The number of hydrogen-bond acceptors (Lipinski definition) is 3. The Morgan fingerprint density at radius 1 is 1.53 bits per heavy atom. The second-order valence-corrected chi connectivity index (χ2v) is 5.26. The first-order chi connectivity index (χ1) is 9.10. The van der Waals surface area contributed by atoms with Crippen LogP contribution in [-0.2, 0) is 11.8 Å². The van der Waals surface area contributed by atoms with Gasteiger partial charge in [-0.15, -0.1) is 0 Å². The highest BCUT2D eigenvalue weighted by molar-refractivity contribution is 5.93. The summed E-state index contributed by atoms with van der Waals surface area (Å²) in [5, 5.41) is 2.68. The van der Waals surface area contributed by atoms with E-state index in [4.69, 9.17) is 4.74 Å². The van der Waals surface area contributed by atoms with E-state index in [0.29, 0.717) is 25.3 Å². The Morgan fingerprint density at radius 2 is 2.37 bits per heavy atom. The number of alkyl carbamates (subject to hydrolysis) is 1. The third kappa shape index (κ3) is 2.07. The second kappa shape index (κ2) is 4.29. The molecule has 0 aromatic carbocycles. The first-order valence-corrected chi connectivity index (χ1v) is 6.47. The average Bonchev–Trinajstić information content (AvgIpc) is 2.96. The number of likely N-dealkylation sites (tertiary alicyclic amines) is 1. The van der Waals surface area contributed by atoms with Crippen LogP contribution in [0.1, 0.15) is 23.3 Å². The van der Waals surface area contributed by atoms with Crippen LogP contribution < -0.4 is 5.32 Å². The van der Waals surface area contributed by atoms with Gasteiger partial charge in [0.25, 0.3) is 5.91 Å². The number of nitrogens with one attached hydrogen (secondary N) is 1. The van der Waals surface area contributed by atoms with Crippen LogP contribution in [0.3, 0.4) is 0 Å². The summed E-state index contributed by atoms with van der Waals surface area (Å²) in [6.07, 6.45) is 3.13. The van der Waals surface area contributed by atoms with Gasteiger partial charge in [-0.25, -0.2) is 4.79 Å². The number of nitrogens with zero attached hydrogens (tertiary/aromatic N) is 2. The van der Waals surface area contributed by atoms with Crippen LogP contribution in [0.25, 0.3) is 0 Å². The van der Waals surface area contributed by atoms with Gasteiger partial charge in [0, 0.05) is 19.8 Å². The highest BCUT2D eigenvalue weighted by atomic mass is 16.6. The first kappa shape index (κ1) is 12.1. The van der Waals surface area contributed by atoms with Gasteiger partial charge < -0.3 is 19.5 Å². The lowest BCUT2D eigenvalue weighted by atomic mass is 9.93. The lowest BCUT2D eigenvalue weighted by molar-refractivity contribution is -0.00536. The quantitative estimate of drug-likeness (QED) is 0.813. The smallest absolute Gasteiger partial charge is 0.407 e. The topological polar surface area (TPSA) is 63.6 Å². The molecule has 3 rings (SSSR count). The molecule has 2 saturated heterocycles. The molecule has 2 aliphatic heterocycles. The predicted molar refractivity (Wildman–Crippen MR) is 67.8 cm³/mol. The maximum absolute atomic E-state index is 12.4. The number of rotatable bonds is 1. The van der Waals surface area contributed by atoms with Crippen molar-refractivity contribution in [2.24, 2.45) is 7.05 Å². The zero-order chi connectivity index (χ0) is 13.5. The van der Waals surface area contributed by atoms with Crippen molar-refractivity contribution in [3.05, 3.63) is 24.0 Å². The van der Waals surface area contributed by atoms with Gasteiger partial charge in [-0.1, -0.05) is 0 Å². The van der Waals surface area contributed by atoms with Gasteiger partial charge in [0.2, 0.25) is 0 Å². The number of piperidine rings is 1. The fourth-order valence-electron chi connectivity index (χ4n) is 2.85. The third-order valence-electron chi connectivity index (χ3n) is 3.85. The molecule has 1 atom stereocenters. The fraction of sp³-hybridized carbons (Fsp3) is 0.538. The molecule has 0 radical (unpaired) electrons. The fourth-order valence-corrected chi connectivity index (χ4v) is 2.85. The summed E-state index contributed by atoms with van der Waals surface area (Å²) in [4.78, 5) is 25.5. The lowest BCUT2D eigenvalue weighted by Gasteiger charge is -2.38. The highest BCUT2D eigenvalue weighted by Crippen LogP contribution is 2.28. The van der Waals surface area contributed by atoms with Crippen LogP contribution in [-0.4, -0.2) is 46.7 Å². The largest absolute Gasteiger partial charge is 0.439 e. The normalized spacial score (nSPS) is 26.4. The minimum atomic E-state index is -0.532. The van der Waals surface area contributed by atoms with E-state index in [0.717, 1.165) is 12.8 Å². The Morgan fingerprint density at radius 3 is 3.00 bits per heavy atom. The van der Waals surface area contributed by atoms with E-state index in [2.05, 4.69) is 5.32 Å². The van der Waals surface area contributed by atoms with E-state index in [1.54, 1.807) is 4.90 Å². The molecule has 1 N–H and O–H groups in total. The van der Waals surface area contributed by atoms with Crippen LogP contribution in [0, 0.1) is 0 Å². The molecule has 102 valence electrons. The minimum absolute atomic E-state index is 0.00507. The van der Waals surface area contributed by atoms with E-state index in [9.17, 15) is 9.59 Å². The Hall–Kier alpha value is -1.98. The van der Waals surface area contributed by atoms with Gasteiger partial charge in [0.05, 0.1) is 13.1 Å². The van der Waals surface area contributed by atoms with Crippen molar-refractivity contribution in [2.45, 2.75) is 18.4 Å². The molecule has 2 amide bonds. The molecule has 0 saturated carbocycles. The third-order valence-corrected chi connectivity index (χ3v) is 3.85. The number of amides is 2. The van der Waals surface area contributed by atoms with Gasteiger partial charge in [-0.2, -0.15) is 0 Å². The molecule has 1 aromatic rings. The van der Waals surface area contributed by atoms with Crippen molar-refractivity contribution < 1.29 is 14.3 Å². The maximum Gasteiger partial charge on any atom is 0.407 e. The number of hydrogen-bond donors (Lipinski definition) is 1. The van der Waals surface area contributed by atoms with Crippen molar-refractivity contribution in [1.29, 1.82) is 0 Å². The number of carbonyl (C=O) groups excluding carboxylic acids is 2. The molecule has 2 aliphatic rings. The van der Waals surface area contributed by atoms with Gasteiger partial charge in [0.1, 0.15) is 11.3 Å². The Balaban J connectivity index is 1.77. The van der Waals surface area contributed by atoms with Crippen molar-refractivity contribution in [2.75, 3.05) is 19.6 Å². The summed E-state index contributed by atoms with van der Waals surface area (Å²) in [5.74, 6) is -0.00507. The van der Waals surface area contributed by atoms with Crippen molar-refractivity contribution >= 4 is 12.0 Å². The highest BCUT2D eigenvalue weighted by Gasteiger charge is 2.45. The zero-order valence-electron chi connectivity index (χ0n) is 10.9. The van der Waals surface area contributed by atoms with Crippen molar-refractivity contribution in [3.63, 3.8) is 0 Å². The molecule has 6 nitrogen and oxygen atoms in total. The molecule has 6 heteroatoms. The van der Waals surface area contributed by atoms with Crippen LogP contribution in [0.2, 0.25) is 0 Å². The molecular weight excluding hydrogens is 246 g/mol. The summed E-state index contributed by atoms with van der Waals surface area (Å²) >= 11 is 0. The van der Waals surface area contributed by atoms with Gasteiger partial charge in [0.15, 0.2) is 0 Å². The standard InChI is InChI=1S/C13H17N3O3/c1-15-6-2-4-10(15)11(17)16-7-3-5-13(9-16)8-14-12(18)19-13/h2,4,6H,3,5,7-9H2,1H3,(H,14,18). The number of ether oxygens (including phenoxy) is 1. The molecule has 2 fully saturated rings. The van der Waals surface area contributed by atoms with Gasteiger partial charge in [-0.05, 0) is 25.0 Å². The minimum Gasteiger partial charge on any atom is -0.439 e. The van der Waals surface area contributed by atoms with Crippen LogP contribution in [0.5, 0.6) is 0 Å². The average molecular weight is 263 g/mol. The first-order valence-electron chi connectivity index (χ1n) is 6.47. The number of aryl methyl sites for hydroxylation is 1. The van der Waals surface area contributed by atoms with E-state index >= 15 is 0 Å². The molecule has 1 aromatic heterocycles. The van der Waals surface area contributed by atoms with Gasteiger partial charge in [-0.3, -0.25) is 4.79 Å². The maximum atomic E-state index is 12.4. The summed E-state index contributed by atoms with van der Waals surface area (Å²) in [5.41, 5.74) is 0.130. The molecule has 1 unspecified atom stereocenters. The van der Waals surface area contributed by atoms with Crippen LogP contribution in [0.4, 0.5) is 4.79 Å². The second-order valence-electron chi connectivity index (χ2n) is 5.26. The zero-order valence-corrected chi connectivity index (χ0v) is 10.9. The predicted octanol–water partition coefficient (Wildman–Crippen LogP) is 0.740. The summed E-state index contributed by atoms with van der Waals surface area (Å²) in [7, 11) is 1.85. The van der Waals surface area contributed by atoms with Gasteiger partial charge >= 0.3 is 6.09 Å². The van der Waals surface area contributed by atoms with E-state index < -0.39 is 5.60 Å². The Bertz CT molecular complexity index is 525.